The Hall–Kier alpha value is -3.35. The molecule has 1 saturated heterocycles. The minimum atomic E-state index is -0.967. The van der Waals surface area contributed by atoms with Crippen LogP contribution < -0.4 is 15.0 Å². The molecule has 0 aromatic heterocycles. The van der Waals surface area contributed by atoms with E-state index in [1.807, 2.05) is 32.0 Å². The van der Waals surface area contributed by atoms with Crippen LogP contribution >= 0.6 is 0 Å². The smallest absolute Gasteiger partial charge is 0.308 e. The number of rotatable bonds is 6. The molecule has 2 aromatic carbocycles. The number of carboxylic acids is 1. The maximum absolute atomic E-state index is 12.1. The second-order valence-corrected chi connectivity index (χ2v) is 6.87. The summed E-state index contributed by atoms with van der Waals surface area (Å²) in [5.41, 5.74) is 3.57. The number of amides is 2. The van der Waals surface area contributed by atoms with Crippen LogP contribution in [0.15, 0.2) is 42.5 Å². The summed E-state index contributed by atoms with van der Waals surface area (Å²) < 4.78 is 5.49. The van der Waals surface area contributed by atoms with E-state index in [0.717, 1.165) is 11.1 Å². The van der Waals surface area contributed by atoms with E-state index in [1.165, 1.54) is 4.90 Å². The molecule has 3 rings (SSSR count). The van der Waals surface area contributed by atoms with Crippen LogP contribution in [0.2, 0.25) is 0 Å². The summed E-state index contributed by atoms with van der Waals surface area (Å²) in [4.78, 5) is 36.6. The number of nitrogens with zero attached hydrogens (tertiary/aromatic N) is 1. The summed E-state index contributed by atoms with van der Waals surface area (Å²) in [7, 11) is 0. The third-order valence-corrected chi connectivity index (χ3v) is 4.78. The lowest BCUT2D eigenvalue weighted by Gasteiger charge is -2.16. The van der Waals surface area contributed by atoms with Crippen molar-refractivity contribution in [3.8, 4) is 5.75 Å². The third kappa shape index (κ3) is 4.49. The van der Waals surface area contributed by atoms with Gasteiger partial charge in [-0.2, -0.15) is 0 Å². The number of nitrogens with one attached hydrogen (secondary N) is 1. The molecule has 0 spiro atoms. The molecule has 1 atom stereocenters. The van der Waals surface area contributed by atoms with Gasteiger partial charge in [0.25, 0.3) is 5.91 Å². The van der Waals surface area contributed by atoms with Crippen molar-refractivity contribution in [1.82, 2.24) is 0 Å². The van der Waals surface area contributed by atoms with E-state index in [2.05, 4.69) is 5.32 Å². The van der Waals surface area contributed by atoms with Crippen LogP contribution in [0.25, 0.3) is 0 Å². The van der Waals surface area contributed by atoms with Gasteiger partial charge in [0, 0.05) is 24.3 Å². The second-order valence-electron chi connectivity index (χ2n) is 6.87. The number of carboxylic acid groups (broad SMARTS) is 1. The molecule has 2 N–H and O–H groups in total. The molecule has 7 nitrogen and oxygen atoms in total. The monoisotopic (exact) mass is 382 g/mol. The van der Waals surface area contributed by atoms with Gasteiger partial charge in [0.2, 0.25) is 5.91 Å². The molecule has 2 amide bonds. The molecule has 0 radical (unpaired) electrons. The molecule has 1 heterocycles. The molecule has 1 fully saturated rings. The van der Waals surface area contributed by atoms with Crippen molar-refractivity contribution < 1.29 is 24.2 Å². The summed E-state index contributed by atoms with van der Waals surface area (Å²) >= 11 is 0. The number of carbonyl (C=O) groups excluding carboxylic acids is 2. The summed E-state index contributed by atoms with van der Waals surface area (Å²) in [5, 5.41) is 11.8. The normalized spacial score (nSPS) is 16.1. The predicted molar refractivity (Wildman–Crippen MR) is 105 cm³/mol. The SMILES string of the molecule is Cc1ccc(NC(=O)COc2ccc(N3CC(C(=O)O)CC3=O)cc2)cc1C. The summed E-state index contributed by atoms with van der Waals surface area (Å²) in [6, 6.07) is 12.3. The second kappa shape index (κ2) is 8.12. The van der Waals surface area contributed by atoms with Crippen molar-refractivity contribution in [3.63, 3.8) is 0 Å². The molecule has 0 bridgehead atoms. The number of hydrogen-bond acceptors (Lipinski definition) is 4. The molecule has 1 unspecified atom stereocenters. The van der Waals surface area contributed by atoms with Gasteiger partial charge in [0.15, 0.2) is 6.61 Å². The van der Waals surface area contributed by atoms with E-state index in [4.69, 9.17) is 9.84 Å². The first-order chi connectivity index (χ1) is 13.3. The highest BCUT2D eigenvalue weighted by Crippen LogP contribution is 2.27. The standard InChI is InChI=1S/C21H22N2O5/c1-13-3-4-16(9-14(13)2)22-19(24)12-28-18-7-5-17(6-8-18)23-11-15(21(26)27)10-20(23)25/h3-9,15H,10-12H2,1-2H3,(H,22,24)(H,26,27). The number of hydrogen-bond donors (Lipinski definition) is 2. The lowest BCUT2D eigenvalue weighted by molar-refractivity contribution is -0.141. The van der Waals surface area contributed by atoms with E-state index in [9.17, 15) is 14.4 Å². The lowest BCUT2D eigenvalue weighted by Crippen LogP contribution is -2.25. The maximum atomic E-state index is 12.1. The van der Waals surface area contributed by atoms with Crippen molar-refractivity contribution in [2.75, 3.05) is 23.4 Å². The Morgan fingerprint density at radius 3 is 2.46 bits per heavy atom. The van der Waals surface area contributed by atoms with E-state index in [0.29, 0.717) is 17.1 Å². The largest absolute Gasteiger partial charge is 0.484 e. The van der Waals surface area contributed by atoms with Crippen molar-refractivity contribution in [1.29, 1.82) is 0 Å². The average molecular weight is 382 g/mol. The van der Waals surface area contributed by atoms with Gasteiger partial charge in [-0.25, -0.2) is 0 Å². The zero-order valence-corrected chi connectivity index (χ0v) is 15.8. The highest BCUT2D eigenvalue weighted by Gasteiger charge is 2.34. The number of carbonyl (C=O) groups is 3. The Morgan fingerprint density at radius 2 is 1.86 bits per heavy atom. The highest BCUT2D eigenvalue weighted by atomic mass is 16.5. The number of aryl methyl sites for hydroxylation is 2. The molecule has 1 aliphatic heterocycles. The molecule has 146 valence electrons. The molecule has 0 saturated carbocycles. The van der Waals surface area contributed by atoms with Gasteiger partial charge in [-0.1, -0.05) is 6.07 Å². The molecule has 2 aromatic rings. The Bertz CT molecular complexity index is 908. The summed E-state index contributed by atoms with van der Waals surface area (Å²) in [5.74, 6) is -1.65. The van der Waals surface area contributed by atoms with Crippen LogP contribution in [0.3, 0.4) is 0 Å². The van der Waals surface area contributed by atoms with E-state index in [-0.39, 0.29) is 31.4 Å². The van der Waals surface area contributed by atoms with E-state index < -0.39 is 11.9 Å². The highest BCUT2D eigenvalue weighted by molar-refractivity contribution is 5.99. The quantitative estimate of drug-likeness (QED) is 0.801. The Labute approximate surface area is 162 Å². The predicted octanol–water partition coefficient (Wildman–Crippen LogP) is 2.76. The Morgan fingerprint density at radius 1 is 1.14 bits per heavy atom. The van der Waals surface area contributed by atoms with Crippen LogP contribution in [0.4, 0.5) is 11.4 Å². The first-order valence-corrected chi connectivity index (χ1v) is 8.96. The average Bonchev–Trinajstić information content (AvgIpc) is 3.06. The van der Waals surface area contributed by atoms with E-state index >= 15 is 0 Å². The van der Waals surface area contributed by atoms with Crippen molar-refractivity contribution in [2.24, 2.45) is 5.92 Å². The molecule has 28 heavy (non-hydrogen) atoms. The van der Waals surface area contributed by atoms with Crippen molar-refractivity contribution in [2.45, 2.75) is 20.3 Å². The fraction of sp³-hybridized carbons (Fsp3) is 0.286. The fourth-order valence-electron chi connectivity index (χ4n) is 3.01. The van der Waals surface area contributed by atoms with Gasteiger partial charge >= 0.3 is 5.97 Å². The molecular formula is C21H22N2O5. The maximum Gasteiger partial charge on any atom is 0.308 e. The van der Waals surface area contributed by atoms with Crippen LogP contribution in [0.5, 0.6) is 5.75 Å². The zero-order chi connectivity index (χ0) is 20.3. The van der Waals surface area contributed by atoms with Crippen LogP contribution in [-0.4, -0.2) is 36.0 Å². The van der Waals surface area contributed by atoms with Gasteiger partial charge in [-0.05, 0) is 61.4 Å². The first kappa shape index (κ1) is 19.4. The Kier molecular flexibility index (Phi) is 5.63. The zero-order valence-electron chi connectivity index (χ0n) is 15.8. The summed E-state index contributed by atoms with van der Waals surface area (Å²) in [6.45, 7) is 4.00. The minimum Gasteiger partial charge on any atom is -0.484 e. The number of benzene rings is 2. The van der Waals surface area contributed by atoms with Crippen molar-refractivity contribution >= 4 is 29.2 Å². The number of aliphatic carboxylic acids is 1. The molecule has 7 heteroatoms. The number of ether oxygens (including phenoxy) is 1. The summed E-state index contributed by atoms with van der Waals surface area (Å²) in [6.07, 6.45) is 0.00619. The topological polar surface area (TPSA) is 95.9 Å². The van der Waals surface area contributed by atoms with Crippen LogP contribution in [0.1, 0.15) is 17.5 Å². The van der Waals surface area contributed by atoms with Crippen LogP contribution in [0, 0.1) is 19.8 Å². The van der Waals surface area contributed by atoms with Gasteiger partial charge in [-0.3, -0.25) is 14.4 Å². The fourth-order valence-corrected chi connectivity index (χ4v) is 3.01. The lowest BCUT2D eigenvalue weighted by atomic mass is 10.1. The molecule has 0 aliphatic carbocycles. The van der Waals surface area contributed by atoms with Gasteiger partial charge in [-0.15, -0.1) is 0 Å². The Balaban J connectivity index is 1.54. The van der Waals surface area contributed by atoms with Gasteiger partial charge in [0.05, 0.1) is 5.92 Å². The van der Waals surface area contributed by atoms with Gasteiger partial charge in [0.1, 0.15) is 5.75 Å². The number of anilines is 2. The van der Waals surface area contributed by atoms with Crippen molar-refractivity contribution in [3.05, 3.63) is 53.6 Å². The molecule has 1 aliphatic rings. The molecular weight excluding hydrogens is 360 g/mol. The van der Waals surface area contributed by atoms with E-state index in [1.54, 1.807) is 24.3 Å². The third-order valence-electron chi connectivity index (χ3n) is 4.78. The van der Waals surface area contributed by atoms with Gasteiger partial charge < -0.3 is 20.1 Å². The first-order valence-electron chi connectivity index (χ1n) is 8.96. The van der Waals surface area contributed by atoms with Crippen LogP contribution in [-0.2, 0) is 14.4 Å². The minimum absolute atomic E-state index is 0.00619.